The first-order valence-corrected chi connectivity index (χ1v) is 8.01. The summed E-state index contributed by atoms with van der Waals surface area (Å²) in [6.07, 6.45) is 1.54. The Balaban J connectivity index is 1.66. The molecule has 1 aromatic carbocycles. The van der Waals surface area contributed by atoms with Crippen LogP contribution >= 0.6 is 11.3 Å². The molecule has 3 heterocycles. The van der Waals surface area contributed by atoms with Crippen molar-refractivity contribution in [2.75, 3.05) is 5.32 Å². The minimum absolute atomic E-state index is 0.178. The molecule has 0 saturated heterocycles. The first-order valence-electron chi connectivity index (χ1n) is 7.13. The number of para-hydroxylation sites is 1. The molecule has 0 aliphatic heterocycles. The van der Waals surface area contributed by atoms with Gasteiger partial charge in [-0.1, -0.05) is 23.4 Å². The summed E-state index contributed by atoms with van der Waals surface area (Å²) in [4.78, 5) is 17.2. The van der Waals surface area contributed by atoms with E-state index in [1.54, 1.807) is 30.5 Å². The smallest absolute Gasteiger partial charge is 0.265 e. The van der Waals surface area contributed by atoms with Gasteiger partial charge in [-0.25, -0.2) is 0 Å². The van der Waals surface area contributed by atoms with E-state index in [0.717, 1.165) is 0 Å². The van der Waals surface area contributed by atoms with Crippen LogP contribution in [0, 0.1) is 0 Å². The first-order chi connectivity index (χ1) is 11.8. The van der Waals surface area contributed by atoms with Gasteiger partial charge in [0, 0.05) is 0 Å². The lowest BCUT2D eigenvalue weighted by Crippen LogP contribution is -2.10. The minimum atomic E-state index is -0.178. The van der Waals surface area contributed by atoms with Crippen molar-refractivity contribution in [1.82, 2.24) is 10.1 Å². The van der Waals surface area contributed by atoms with Gasteiger partial charge in [0.25, 0.3) is 11.8 Å². The summed E-state index contributed by atoms with van der Waals surface area (Å²) in [5.74, 6) is 1.01. The molecule has 4 rings (SSSR count). The second kappa shape index (κ2) is 6.13. The molecule has 0 bridgehead atoms. The third kappa shape index (κ3) is 2.72. The highest BCUT2D eigenvalue weighted by Gasteiger charge is 2.17. The number of nitrogens with zero attached hydrogens (tertiary/aromatic N) is 2. The number of amides is 1. The summed E-state index contributed by atoms with van der Waals surface area (Å²) in [5.41, 5.74) is 1.25. The predicted molar refractivity (Wildman–Crippen MR) is 89.7 cm³/mol. The molecular weight excluding hydrogens is 326 g/mol. The van der Waals surface area contributed by atoms with Gasteiger partial charge >= 0.3 is 0 Å². The summed E-state index contributed by atoms with van der Waals surface area (Å²) >= 11 is 1.38. The van der Waals surface area contributed by atoms with Crippen molar-refractivity contribution >= 4 is 22.9 Å². The lowest BCUT2D eigenvalue weighted by molar-refractivity contribution is 0.103. The molecule has 0 spiro atoms. The zero-order valence-corrected chi connectivity index (χ0v) is 13.1. The Bertz CT molecular complexity index is 959. The summed E-state index contributed by atoms with van der Waals surface area (Å²) in [5, 5.41) is 8.65. The van der Waals surface area contributed by atoms with Crippen molar-refractivity contribution in [1.29, 1.82) is 0 Å². The number of hydrogen-bond donors (Lipinski definition) is 1. The maximum absolute atomic E-state index is 12.3. The van der Waals surface area contributed by atoms with E-state index in [-0.39, 0.29) is 5.91 Å². The standard InChI is InChI=1S/C17H11N3O3S/c21-16(14-8-4-10-24-14)18-12-6-2-1-5-11(12)17-19-15(20-23-17)13-7-3-9-22-13/h1-10H,(H,18,21). The average Bonchev–Trinajstić information content (AvgIpc) is 3.35. The molecule has 118 valence electrons. The van der Waals surface area contributed by atoms with Gasteiger partial charge in [-0.2, -0.15) is 4.98 Å². The van der Waals surface area contributed by atoms with Crippen LogP contribution in [0.15, 0.2) is 69.1 Å². The maximum Gasteiger partial charge on any atom is 0.265 e. The van der Waals surface area contributed by atoms with E-state index in [0.29, 0.717) is 33.6 Å². The van der Waals surface area contributed by atoms with Gasteiger partial charge < -0.3 is 14.3 Å². The van der Waals surface area contributed by atoms with Crippen LogP contribution in [0.4, 0.5) is 5.69 Å². The normalized spacial score (nSPS) is 10.7. The van der Waals surface area contributed by atoms with E-state index in [1.165, 1.54) is 11.3 Å². The van der Waals surface area contributed by atoms with Crippen LogP contribution in [0.2, 0.25) is 0 Å². The minimum Gasteiger partial charge on any atom is -0.461 e. The van der Waals surface area contributed by atoms with Gasteiger partial charge in [0.2, 0.25) is 5.82 Å². The largest absolute Gasteiger partial charge is 0.461 e. The third-order valence-electron chi connectivity index (χ3n) is 3.32. The van der Waals surface area contributed by atoms with Gasteiger partial charge in [0.1, 0.15) is 0 Å². The highest BCUT2D eigenvalue weighted by molar-refractivity contribution is 7.12. The molecule has 4 aromatic rings. The van der Waals surface area contributed by atoms with Crippen LogP contribution in [0.3, 0.4) is 0 Å². The van der Waals surface area contributed by atoms with E-state index in [2.05, 4.69) is 15.5 Å². The number of carbonyl (C=O) groups excluding carboxylic acids is 1. The molecular formula is C17H11N3O3S. The number of thiophene rings is 1. The molecule has 0 atom stereocenters. The summed E-state index contributed by atoms with van der Waals surface area (Å²) in [6.45, 7) is 0. The van der Waals surface area contributed by atoms with E-state index in [9.17, 15) is 4.79 Å². The van der Waals surface area contributed by atoms with Gasteiger partial charge in [0.05, 0.1) is 22.4 Å². The molecule has 1 N–H and O–H groups in total. The van der Waals surface area contributed by atoms with Gasteiger partial charge in [-0.3, -0.25) is 4.79 Å². The monoisotopic (exact) mass is 337 g/mol. The van der Waals surface area contributed by atoms with Gasteiger partial charge in [-0.05, 0) is 35.7 Å². The SMILES string of the molecule is O=C(Nc1ccccc1-c1nc(-c2ccco2)no1)c1cccs1. The van der Waals surface area contributed by atoms with E-state index >= 15 is 0 Å². The zero-order chi connectivity index (χ0) is 16.4. The quantitative estimate of drug-likeness (QED) is 0.600. The summed E-state index contributed by atoms with van der Waals surface area (Å²) in [7, 11) is 0. The highest BCUT2D eigenvalue weighted by Crippen LogP contribution is 2.29. The molecule has 0 saturated carbocycles. The fourth-order valence-corrected chi connectivity index (χ4v) is 2.83. The summed E-state index contributed by atoms with van der Waals surface area (Å²) in [6, 6.07) is 14.4. The van der Waals surface area contributed by atoms with Crippen LogP contribution in [0.25, 0.3) is 23.0 Å². The lowest BCUT2D eigenvalue weighted by atomic mass is 10.1. The molecule has 1 amide bonds. The second-order valence-corrected chi connectivity index (χ2v) is 5.83. The van der Waals surface area contributed by atoms with Crippen molar-refractivity contribution in [2.45, 2.75) is 0 Å². The lowest BCUT2D eigenvalue weighted by Gasteiger charge is -2.07. The van der Waals surface area contributed by atoms with E-state index in [4.69, 9.17) is 8.94 Å². The Kier molecular flexibility index (Phi) is 3.68. The molecule has 0 fully saturated rings. The number of benzene rings is 1. The summed E-state index contributed by atoms with van der Waals surface area (Å²) < 4.78 is 10.6. The van der Waals surface area contributed by atoms with Crippen molar-refractivity contribution in [3.63, 3.8) is 0 Å². The van der Waals surface area contributed by atoms with Crippen molar-refractivity contribution in [3.8, 4) is 23.0 Å². The number of carbonyl (C=O) groups is 1. The Labute approximate surface area is 140 Å². The number of furan rings is 1. The highest BCUT2D eigenvalue weighted by atomic mass is 32.1. The fraction of sp³-hybridized carbons (Fsp3) is 0. The van der Waals surface area contributed by atoms with Crippen molar-refractivity contribution < 1.29 is 13.7 Å². The number of hydrogen-bond acceptors (Lipinski definition) is 6. The molecule has 7 heteroatoms. The Morgan fingerprint density at radius 2 is 2.00 bits per heavy atom. The molecule has 0 aliphatic rings. The van der Waals surface area contributed by atoms with E-state index in [1.807, 2.05) is 29.6 Å². The zero-order valence-electron chi connectivity index (χ0n) is 12.3. The van der Waals surface area contributed by atoms with E-state index < -0.39 is 0 Å². The van der Waals surface area contributed by atoms with Crippen LogP contribution in [-0.2, 0) is 0 Å². The average molecular weight is 337 g/mol. The predicted octanol–water partition coefficient (Wildman–Crippen LogP) is 4.31. The van der Waals surface area contributed by atoms with Gasteiger partial charge in [-0.15, -0.1) is 11.3 Å². The van der Waals surface area contributed by atoms with Crippen LogP contribution in [0.1, 0.15) is 9.67 Å². The van der Waals surface area contributed by atoms with Crippen LogP contribution in [0.5, 0.6) is 0 Å². The Morgan fingerprint density at radius 1 is 1.08 bits per heavy atom. The molecule has 24 heavy (non-hydrogen) atoms. The number of aromatic nitrogens is 2. The number of nitrogens with one attached hydrogen (secondary N) is 1. The molecule has 0 aliphatic carbocycles. The Morgan fingerprint density at radius 3 is 2.79 bits per heavy atom. The van der Waals surface area contributed by atoms with Gasteiger partial charge in [0.15, 0.2) is 5.76 Å². The van der Waals surface area contributed by atoms with Crippen molar-refractivity contribution in [3.05, 3.63) is 65.1 Å². The first kappa shape index (κ1) is 14.4. The molecule has 6 nitrogen and oxygen atoms in total. The second-order valence-electron chi connectivity index (χ2n) is 4.88. The van der Waals surface area contributed by atoms with Crippen LogP contribution < -0.4 is 5.32 Å². The number of rotatable bonds is 4. The molecule has 0 unspecified atom stereocenters. The number of anilines is 1. The Hall–Kier alpha value is -3.19. The van der Waals surface area contributed by atoms with Crippen molar-refractivity contribution in [2.24, 2.45) is 0 Å². The topological polar surface area (TPSA) is 81.2 Å². The fourth-order valence-electron chi connectivity index (χ4n) is 2.21. The maximum atomic E-state index is 12.3. The molecule has 3 aromatic heterocycles. The third-order valence-corrected chi connectivity index (χ3v) is 4.19. The molecule has 0 radical (unpaired) electrons. The van der Waals surface area contributed by atoms with Crippen LogP contribution in [-0.4, -0.2) is 16.0 Å².